The summed E-state index contributed by atoms with van der Waals surface area (Å²) in [5.74, 6) is 1.10. The average molecular weight is 350 g/mol. The van der Waals surface area contributed by atoms with E-state index in [-0.39, 0.29) is 34.7 Å². The van der Waals surface area contributed by atoms with Gasteiger partial charge in [0.05, 0.1) is 6.54 Å². The van der Waals surface area contributed by atoms with E-state index in [9.17, 15) is 9.90 Å². The van der Waals surface area contributed by atoms with Crippen LogP contribution in [0.5, 0.6) is 5.75 Å². The number of nitrogens with one attached hydrogen (secondary N) is 1. The number of hydrogen-bond donors (Lipinski definition) is 2. The van der Waals surface area contributed by atoms with Crippen LogP contribution in [0, 0.1) is 11.8 Å². The minimum absolute atomic E-state index is 0. The molecule has 4 unspecified atom stereocenters. The van der Waals surface area contributed by atoms with Gasteiger partial charge in [-0.3, -0.25) is 4.90 Å². The number of aromatic hydroxyl groups is 1. The Morgan fingerprint density at radius 1 is 1.24 bits per heavy atom. The molecule has 2 aliphatic rings. The lowest BCUT2D eigenvalue weighted by atomic mass is 9.78. The first-order valence-electron chi connectivity index (χ1n) is 7.22. The van der Waals surface area contributed by atoms with Crippen LogP contribution >= 0.6 is 0 Å². The van der Waals surface area contributed by atoms with Crippen LogP contribution in [0.3, 0.4) is 0 Å². The lowest BCUT2D eigenvalue weighted by Crippen LogP contribution is -3.19. The van der Waals surface area contributed by atoms with Gasteiger partial charge in [-0.2, -0.15) is 0 Å². The van der Waals surface area contributed by atoms with E-state index in [0.717, 1.165) is 17.9 Å². The van der Waals surface area contributed by atoms with Crippen molar-refractivity contribution in [2.45, 2.75) is 19.4 Å². The maximum absolute atomic E-state index is 12.7. The van der Waals surface area contributed by atoms with Gasteiger partial charge in [0.2, 0.25) is 0 Å². The second-order valence-corrected chi connectivity index (χ2v) is 5.76. The maximum atomic E-state index is 12.7. The molecule has 1 aliphatic heterocycles. The normalized spacial score (nSPS) is 30.3. The highest BCUT2D eigenvalue weighted by atomic mass is 79.9. The summed E-state index contributed by atoms with van der Waals surface area (Å²) in [6.07, 6.45) is 9.48. The topological polar surface area (TPSA) is 41.7 Å². The Labute approximate surface area is 135 Å². The molecular formula is C17H20BrNO2. The number of carbonyl (C=O) groups is 1. The third kappa shape index (κ3) is 2.97. The first-order chi connectivity index (χ1) is 9.68. The Bertz CT molecular complexity index is 582. The molecule has 4 atom stereocenters. The average Bonchev–Trinajstić information content (AvgIpc) is 2.48. The Morgan fingerprint density at radius 2 is 1.95 bits per heavy atom. The minimum atomic E-state index is 0. The molecule has 3 rings (SSSR count). The number of amides is 1. The molecule has 1 fully saturated rings. The molecule has 1 heterocycles. The van der Waals surface area contributed by atoms with E-state index in [1.165, 1.54) is 0 Å². The van der Waals surface area contributed by atoms with Crippen LogP contribution in [0.4, 0.5) is 0 Å². The van der Waals surface area contributed by atoms with Gasteiger partial charge in [0.1, 0.15) is 17.4 Å². The first-order valence-corrected chi connectivity index (χ1v) is 7.22. The van der Waals surface area contributed by atoms with E-state index in [4.69, 9.17) is 0 Å². The number of quaternary nitrogens is 1. The van der Waals surface area contributed by atoms with Crippen molar-refractivity contribution in [2.24, 2.45) is 11.8 Å². The molecule has 112 valence electrons. The lowest BCUT2D eigenvalue weighted by molar-refractivity contribution is -0.846. The summed E-state index contributed by atoms with van der Waals surface area (Å²) in [6.45, 7) is 3.08. The van der Waals surface area contributed by atoms with E-state index in [1.807, 2.05) is 6.08 Å². The number of fused-ring (bicyclic) bond motifs is 1. The van der Waals surface area contributed by atoms with Crippen LogP contribution in [-0.4, -0.2) is 23.6 Å². The van der Waals surface area contributed by atoms with E-state index in [1.54, 1.807) is 24.3 Å². The predicted octanol–water partition coefficient (Wildman–Crippen LogP) is -1.43. The molecule has 1 saturated heterocycles. The van der Waals surface area contributed by atoms with Crippen molar-refractivity contribution in [1.29, 1.82) is 0 Å². The molecule has 4 heteroatoms. The summed E-state index contributed by atoms with van der Waals surface area (Å²) < 4.78 is 0. The number of hydrogen-bond acceptors (Lipinski definition) is 2. The van der Waals surface area contributed by atoms with Gasteiger partial charge in [-0.25, -0.2) is 4.79 Å². The Kier molecular flexibility index (Phi) is 5.01. The number of carbonyl (C=O) groups excluding carboxylic acids is 1. The van der Waals surface area contributed by atoms with Crippen molar-refractivity contribution in [3.63, 3.8) is 0 Å². The minimum Gasteiger partial charge on any atom is -1.00 e. The molecule has 21 heavy (non-hydrogen) atoms. The van der Waals surface area contributed by atoms with Crippen molar-refractivity contribution in [2.75, 3.05) is 6.54 Å². The molecular weight excluding hydrogens is 330 g/mol. The molecule has 1 aliphatic carbocycles. The van der Waals surface area contributed by atoms with Gasteiger partial charge in [0.25, 0.3) is 0 Å². The van der Waals surface area contributed by atoms with Crippen molar-refractivity contribution >= 4 is 5.91 Å². The third-order valence-electron chi connectivity index (χ3n) is 4.55. The summed E-state index contributed by atoms with van der Waals surface area (Å²) in [7, 11) is 0. The van der Waals surface area contributed by atoms with E-state index < -0.39 is 0 Å². The van der Waals surface area contributed by atoms with Gasteiger partial charge in [-0.1, -0.05) is 37.3 Å². The van der Waals surface area contributed by atoms with E-state index in [0.29, 0.717) is 17.4 Å². The molecule has 0 bridgehead atoms. The summed E-state index contributed by atoms with van der Waals surface area (Å²) >= 11 is 0. The fraction of sp³-hybridized carbons (Fsp3) is 0.353. The molecule has 2 N–H and O–H groups in total. The highest BCUT2D eigenvalue weighted by molar-refractivity contribution is 5.90. The zero-order valence-electron chi connectivity index (χ0n) is 12.0. The fourth-order valence-electron chi connectivity index (χ4n) is 3.36. The predicted molar refractivity (Wildman–Crippen MR) is 77.6 cm³/mol. The summed E-state index contributed by atoms with van der Waals surface area (Å²) in [4.78, 5) is 13.7. The number of benzene rings is 1. The van der Waals surface area contributed by atoms with Crippen LogP contribution < -0.4 is 21.9 Å². The number of allylic oxidation sites excluding steroid dienone is 2. The second-order valence-electron chi connectivity index (χ2n) is 5.76. The van der Waals surface area contributed by atoms with Crippen molar-refractivity contribution in [3.8, 4) is 5.75 Å². The Hall–Kier alpha value is -1.39. The quantitative estimate of drug-likeness (QED) is 0.653. The van der Waals surface area contributed by atoms with Gasteiger partial charge in [-0.05, 0) is 24.1 Å². The van der Waals surface area contributed by atoms with Crippen LogP contribution in [0.15, 0.2) is 48.6 Å². The summed E-state index contributed by atoms with van der Waals surface area (Å²) in [5.41, 5.74) is 0.429. The highest BCUT2D eigenvalue weighted by Gasteiger charge is 2.41. The molecule has 0 radical (unpaired) electrons. The Balaban J connectivity index is 0.00000161. The van der Waals surface area contributed by atoms with Gasteiger partial charge in [0.15, 0.2) is 0 Å². The first kappa shape index (κ1) is 16.0. The number of phenolic OH excluding ortho intramolecular Hbond substituents is 1. The third-order valence-corrected chi connectivity index (χ3v) is 4.55. The van der Waals surface area contributed by atoms with Crippen LogP contribution in [0.25, 0.3) is 0 Å². The Morgan fingerprint density at radius 3 is 2.71 bits per heavy atom. The standard InChI is InChI=1S/C17H19NO2.BrH/c1-12-10-11-18(15-8-4-2-6-13(12)15)17(20)14-7-3-5-9-16(14)19;/h2-9,12-13,15,19H,10-11H2,1H3;1H. The zero-order chi connectivity index (χ0) is 14.1. The largest absolute Gasteiger partial charge is 1.00 e. The molecule has 0 spiro atoms. The molecule has 1 amide bonds. The summed E-state index contributed by atoms with van der Waals surface area (Å²) in [5, 5.41) is 9.89. The van der Waals surface area contributed by atoms with Crippen LogP contribution in [0.1, 0.15) is 23.7 Å². The number of para-hydroxylation sites is 1. The smallest absolute Gasteiger partial charge is 0.348 e. The maximum Gasteiger partial charge on any atom is 0.348 e. The number of halogens is 1. The molecule has 1 aromatic rings. The van der Waals surface area contributed by atoms with E-state index >= 15 is 0 Å². The number of piperidine rings is 1. The second kappa shape index (κ2) is 6.58. The fourth-order valence-corrected chi connectivity index (χ4v) is 3.36. The van der Waals surface area contributed by atoms with Gasteiger partial charge in [-0.15, -0.1) is 0 Å². The summed E-state index contributed by atoms with van der Waals surface area (Å²) in [6, 6.07) is 7.02. The zero-order valence-corrected chi connectivity index (χ0v) is 13.6. The highest BCUT2D eigenvalue weighted by Crippen LogP contribution is 2.26. The van der Waals surface area contributed by atoms with Gasteiger partial charge in [0, 0.05) is 12.3 Å². The molecule has 1 aromatic carbocycles. The van der Waals surface area contributed by atoms with E-state index in [2.05, 4.69) is 25.2 Å². The molecule has 3 nitrogen and oxygen atoms in total. The van der Waals surface area contributed by atoms with Crippen LogP contribution in [0.2, 0.25) is 0 Å². The number of rotatable bonds is 1. The molecule has 0 aromatic heterocycles. The van der Waals surface area contributed by atoms with Crippen molar-refractivity contribution in [1.82, 2.24) is 0 Å². The van der Waals surface area contributed by atoms with Gasteiger partial charge < -0.3 is 22.1 Å². The monoisotopic (exact) mass is 349 g/mol. The number of phenols is 1. The van der Waals surface area contributed by atoms with Crippen molar-refractivity contribution < 1.29 is 31.8 Å². The van der Waals surface area contributed by atoms with Crippen LogP contribution in [-0.2, 0) is 0 Å². The number of likely N-dealkylation sites (tertiary alicyclic amines) is 1. The van der Waals surface area contributed by atoms with Gasteiger partial charge >= 0.3 is 5.91 Å². The van der Waals surface area contributed by atoms with Crippen molar-refractivity contribution in [3.05, 3.63) is 54.1 Å². The molecule has 0 saturated carbocycles. The SMILES string of the molecule is CC1CC[NH+](C(=O)c2ccccc2O)C2C=CC=CC12.[Br-]. The lowest BCUT2D eigenvalue weighted by Gasteiger charge is -2.38.